The topological polar surface area (TPSA) is 64.0 Å². The fourth-order valence-electron chi connectivity index (χ4n) is 3.69. The molecule has 178 valence electrons. The Morgan fingerprint density at radius 3 is 2.26 bits per heavy atom. The fraction of sp³-hybridized carbons (Fsp3) is 0.115. The van der Waals surface area contributed by atoms with Crippen LogP contribution in [0.5, 0.6) is 0 Å². The molecule has 9 heteroatoms. The first kappa shape index (κ1) is 25.3. The Labute approximate surface area is 222 Å². The van der Waals surface area contributed by atoms with E-state index in [0.29, 0.717) is 43.5 Å². The fourth-order valence-corrected chi connectivity index (χ4v) is 4.51. The number of hydrogen-bond acceptors (Lipinski definition) is 3. The number of amides is 1. The molecule has 35 heavy (non-hydrogen) atoms. The van der Waals surface area contributed by atoms with Crippen LogP contribution in [-0.4, -0.2) is 28.0 Å². The van der Waals surface area contributed by atoms with Crippen molar-refractivity contribution in [2.45, 2.75) is 13.3 Å². The zero-order chi connectivity index (χ0) is 25.1. The molecule has 0 saturated carbocycles. The second-order valence-electron chi connectivity index (χ2n) is 7.80. The Bertz CT molecular complexity index is 1410. The molecule has 0 aliphatic carbocycles. The molecular weight excluding hydrogens is 528 g/mol. The molecule has 5 nitrogen and oxygen atoms in total. The predicted octanol–water partition coefficient (Wildman–Crippen LogP) is 7.00. The van der Waals surface area contributed by atoms with Crippen LogP contribution in [0.25, 0.3) is 16.9 Å². The maximum Gasteiger partial charge on any atom is 0.294 e. The maximum absolute atomic E-state index is 13.1. The smallest absolute Gasteiger partial charge is 0.294 e. The van der Waals surface area contributed by atoms with E-state index in [1.165, 1.54) is 0 Å². The van der Waals surface area contributed by atoms with E-state index in [2.05, 4.69) is 10.4 Å². The quantitative estimate of drug-likeness (QED) is 0.200. The predicted molar refractivity (Wildman–Crippen MR) is 141 cm³/mol. The van der Waals surface area contributed by atoms with Crippen LogP contribution < -0.4 is 5.32 Å². The minimum Gasteiger partial charge on any atom is -0.349 e. The van der Waals surface area contributed by atoms with Gasteiger partial charge in [0.1, 0.15) is 5.69 Å². The molecule has 1 heterocycles. The Balaban J connectivity index is 1.66. The zero-order valence-electron chi connectivity index (χ0n) is 18.5. The van der Waals surface area contributed by atoms with E-state index >= 15 is 0 Å². The number of hydrogen-bond donors (Lipinski definition) is 1. The number of Topliss-reactive ketones (excluding diaryl/α,β-unsaturated/α-hetero) is 1. The second-order valence-corrected chi connectivity index (χ2v) is 9.52. The van der Waals surface area contributed by atoms with Crippen molar-refractivity contribution in [2.24, 2.45) is 0 Å². The SMILES string of the molecule is Cc1c(C(=O)C(=O)NCCc2cccc(Cl)c2)nn(-c2ccc(Cl)cc2Cl)c1-c1ccc(Cl)cc1. The highest BCUT2D eigenvalue weighted by Gasteiger charge is 2.27. The third-order valence-corrected chi connectivity index (χ3v) is 6.41. The van der Waals surface area contributed by atoms with Crippen molar-refractivity contribution in [3.05, 3.63) is 104 Å². The number of nitrogens with one attached hydrogen (secondary N) is 1. The highest BCUT2D eigenvalue weighted by atomic mass is 35.5. The summed E-state index contributed by atoms with van der Waals surface area (Å²) in [6.07, 6.45) is 0.531. The molecule has 0 unspecified atom stereocenters. The van der Waals surface area contributed by atoms with E-state index in [1.807, 2.05) is 30.3 Å². The van der Waals surface area contributed by atoms with Crippen LogP contribution in [0, 0.1) is 6.92 Å². The van der Waals surface area contributed by atoms with Crippen LogP contribution in [-0.2, 0) is 11.2 Å². The van der Waals surface area contributed by atoms with Crippen LogP contribution >= 0.6 is 46.4 Å². The van der Waals surface area contributed by atoms with Gasteiger partial charge in [0, 0.05) is 32.7 Å². The Morgan fingerprint density at radius 2 is 1.57 bits per heavy atom. The summed E-state index contributed by atoms with van der Waals surface area (Å²) in [6, 6.07) is 19.4. The molecule has 4 rings (SSSR count). The van der Waals surface area contributed by atoms with Crippen LogP contribution in [0.2, 0.25) is 20.1 Å². The first-order valence-electron chi connectivity index (χ1n) is 10.6. The number of benzene rings is 3. The lowest BCUT2D eigenvalue weighted by atomic mass is 10.0. The summed E-state index contributed by atoms with van der Waals surface area (Å²) in [5.74, 6) is -1.49. The van der Waals surface area contributed by atoms with Gasteiger partial charge in [-0.25, -0.2) is 4.68 Å². The van der Waals surface area contributed by atoms with Gasteiger partial charge in [-0.05, 0) is 61.4 Å². The van der Waals surface area contributed by atoms with Gasteiger partial charge in [-0.1, -0.05) is 70.7 Å². The summed E-state index contributed by atoms with van der Waals surface area (Å²) in [4.78, 5) is 25.8. The van der Waals surface area contributed by atoms with E-state index in [0.717, 1.165) is 11.1 Å². The Kier molecular flexibility index (Phi) is 7.82. The zero-order valence-corrected chi connectivity index (χ0v) is 21.5. The molecule has 0 atom stereocenters. The van der Waals surface area contributed by atoms with Crippen molar-refractivity contribution in [3.8, 4) is 16.9 Å². The number of halogens is 4. The van der Waals surface area contributed by atoms with Gasteiger partial charge in [0.25, 0.3) is 11.7 Å². The van der Waals surface area contributed by atoms with Gasteiger partial charge in [-0.3, -0.25) is 9.59 Å². The molecule has 1 N–H and O–H groups in total. The molecule has 0 fully saturated rings. The average Bonchev–Trinajstić information content (AvgIpc) is 3.15. The van der Waals surface area contributed by atoms with Crippen molar-refractivity contribution in [1.29, 1.82) is 0 Å². The van der Waals surface area contributed by atoms with Gasteiger partial charge >= 0.3 is 0 Å². The molecule has 0 aliphatic heterocycles. The molecule has 1 amide bonds. The van der Waals surface area contributed by atoms with Gasteiger partial charge in [-0.15, -0.1) is 0 Å². The molecule has 0 radical (unpaired) electrons. The van der Waals surface area contributed by atoms with E-state index in [1.54, 1.807) is 48.0 Å². The molecule has 0 spiro atoms. The maximum atomic E-state index is 13.1. The molecule has 0 bridgehead atoms. The monoisotopic (exact) mass is 545 g/mol. The number of aromatic nitrogens is 2. The minimum atomic E-state index is -0.746. The minimum absolute atomic E-state index is 0.0289. The highest BCUT2D eigenvalue weighted by Crippen LogP contribution is 2.33. The average molecular weight is 547 g/mol. The van der Waals surface area contributed by atoms with Gasteiger partial charge < -0.3 is 5.32 Å². The van der Waals surface area contributed by atoms with E-state index in [-0.39, 0.29) is 12.2 Å². The Morgan fingerprint density at radius 1 is 0.886 bits per heavy atom. The summed E-state index contributed by atoms with van der Waals surface area (Å²) in [5.41, 5.74) is 3.40. The number of nitrogens with zero attached hydrogens (tertiary/aromatic N) is 2. The first-order valence-corrected chi connectivity index (χ1v) is 12.1. The van der Waals surface area contributed by atoms with Crippen LogP contribution in [0.4, 0.5) is 0 Å². The number of ketones is 1. The van der Waals surface area contributed by atoms with Crippen molar-refractivity contribution < 1.29 is 9.59 Å². The third kappa shape index (κ3) is 5.71. The standard InChI is InChI=1S/C26H19Cl4N3O2/c1-15-23(25(34)26(35)31-12-11-16-3-2-4-19(28)13-16)32-33(22-10-9-20(29)14-21(22)30)24(15)17-5-7-18(27)8-6-17/h2-10,13-14H,11-12H2,1H3,(H,31,35). The van der Waals surface area contributed by atoms with E-state index in [4.69, 9.17) is 46.4 Å². The van der Waals surface area contributed by atoms with Crippen LogP contribution in [0.1, 0.15) is 21.6 Å². The van der Waals surface area contributed by atoms with E-state index in [9.17, 15) is 9.59 Å². The Hall–Kier alpha value is -2.83. The summed E-state index contributed by atoms with van der Waals surface area (Å²) in [6.45, 7) is 2.02. The highest BCUT2D eigenvalue weighted by molar-refractivity contribution is 6.42. The third-order valence-electron chi connectivity index (χ3n) is 5.39. The molecule has 3 aromatic carbocycles. The summed E-state index contributed by atoms with van der Waals surface area (Å²) in [5, 5.41) is 9.16. The van der Waals surface area contributed by atoms with Gasteiger partial charge in [-0.2, -0.15) is 5.10 Å². The first-order chi connectivity index (χ1) is 16.7. The summed E-state index contributed by atoms with van der Waals surface area (Å²) >= 11 is 24.6. The van der Waals surface area contributed by atoms with Crippen molar-refractivity contribution in [2.75, 3.05) is 6.54 Å². The number of carbonyl (C=O) groups is 2. The second kappa shape index (κ2) is 10.8. The molecule has 0 aliphatic rings. The largest absolute Gasteiger partial charge is 0.349 e. The summed E-state index contributed by atoms with van der Waals surface area (Å²) < 4.78 is 1.55. The normalized spacial score (nSPS) is 10.9. The molecule has 4 aromatic rings. The lowest BCUT2D eigenvalue weighted by Crippen LogP contribution is -2.33. The van der Waals surface area contributed by atoms with Crippen LogP contribution in [0.3, 0.4) is 0 Å². The lowest BCUT2D eigenvalue weighted by Gasteiger charge is -2.11. The van der Waals surface area contributed by atoms with E-state index < -0.39 is 11.7 Å². The van der Waals surface area contributed by atoms with Crippen molar-refractivity contribution in [3.63, 3.8) is 0 Å². The number of rotatable bonds is 7. The van der Waals surface area contributed by atoms with Gasteiger partial charge in [0.2, 0.25) is 0 Å². The molecule has 1 aromatic heterocycles. The van der Waals surface area contributed by atoms with Gasteiger partial charge in [0.05, 0.1) is 16.4 Å². The van der Waals surface area contributed by atoms with Crippen molar-refractivity contribution >= 4 is 58.1 Å². The summed E-state index contributed by atoms with van der Waals surface area (Å²) in [7, 11) is 0. The molecule has 0 saturated heterocycles. The molecular formula is C26H19Cl4N3O2. The van der Waals surface area contributed by atoms with Gasteiger partial charge in [0.15, 0.2) is 0 Å². The van der Waals surface area contributed by atoms with Crippen molar-refractivity contribution in [1.82, 2.24) is 15.1 Å². The number of carbonyl (C=O) groups excluding carboxylic acids is 2. The van der Waals surface area contributed by atoms with Crippen LogP contribution in [0.15, 0.2) is 66.7 Å². The lowest BCUT2D eigenvalue weighted by molar-refractivity contribution is -0.117.